The molecule has 0 radical (unpaired) electrons. The molecule has 2 aromatic rings. The van der Waals surface area contributed by atoms with Gasteiger partial charge in [-0.3, -0.25) is 9.59 Å². The molecule has 0 unspecified atom stereocenters. The van der Waals surface area contributed by atoms with E-state index in [2.05, 4.69) is 31.4 Å². The Bertz CT molecular complexity index is 843. The Kier molecular flexibility index (Phi) is 5.09. The first kappa shape index (κ1) is 19.2. The molecule has 3 rings (SSSR count). The molecule has 2 amide bonds. The van der Waals surface area contributed by atoms with Crippen molar-refractivity contribution in [3.05, 3.63) is 59.7 Å². The summed E-state index contributed by atoms with van der Waals surface area (Å²) in [6.07, 6.45) is 1.99. The number of hydrogen-bond donors (Lipinski definition) is 2. The number of anilines is 2. The molecule has 0 bridgehead atoms. The lowest BCUT2D eigenvalue weighted by atomic mass is 9.87. The second-order valence-corrected chi connectivity index (χ2v) is 8.33. The summed E-state index contributed by atoms with van der Waals surface area (Å²) in [6, 6.07) is 15.6. The summed E-state index contributed by atoms with van der Waals surface area (Å²) < 4.78 is 0. The van der Waals surface area contributed by atoms with Crippen molar-refractivity contribution in [3.8, 4) is 0 Å². The first-order valence-corrected chi connectivity index (χ1v) is 9.57. The highest BCUT2D eigenvalue weighted by Gasteiger charge is 2.56. The van der Waals surface area contributed by atoms with Crippen LogP contribution in [0.1, 0.15) is 51.7 Å². The van der Waals surface area contributed by atoms with Gasteiger partial charge in [0.25, 0.3) is 0 Å². The van der Waals surface area contributed by atoms with E-state index >= 15 is 0 Å². The van der Waals surface area contributed by atoms with E-state index in [9.17, 15) is 9.59 Å². The van der Waals surface area contributed by atoms with E-state index in [1.807, 2.05) is 55.5 Å². The highest BCUT2D eigenvalue weighted by atomic mass is 16.2. The maximum atomic E-state index is 12.8. The van der Waals surface area contributed by atoms with Crippen LogP contribution in [-0.2, 0) is 21.4 Å². The van der Waals surface area contributed by atoms with Crippen molar-refractivity contribution in [2.24, 2.45) is 5.41 Å². The fourth-order valence-electron chi connectivity index (χ4n) is 3.18. The Hall–Kier alpha value is -2.62. The van der Waals surface area contributed by atoms with Crippen molar-refractivity contribution < 1.29 is 9.59 Å². The molecule has 0 heterocycles. The molecule has 1 aliphatic rings. The molecule has 0 spiro atoms. The monoisotopic (exact) mass is 364 g/mol. The van der Waals surface area contributed by atoms with Crippen LogP contribution in [0.4, 0.5) is 11.4 Å². The van der Waals surface area contributed by atoms with Crippen molar-refractivity contribution in [1.29, 1.82) is 0 Å². The predicted molar refractivity (Wildman–Crippen MR) is 110 cm³/mol. The minimum absolute atomic E-state index is 0.0623. The second kappa shape index (κ2) is 7.18. The Morgan fingerprint density at radius 1 is 0.926 bits per heavy atom. The number of aryl methyl sites for hydroxylation is 1. The van der Waals surface area contributed by atoms with Gasteiger partial charge >= 0.3 is 0 Å². The van der Waals surface area contributed by atoms with Crippen molar-refractivity contribution in [2.45, 2.75) is 52.4 Å². The number of rotatable bonds is 5. The molecule has 2 N–H and O–H groups in total. The maximum absolute atomic E-state index is 12.8. The summed E-state index contributed by atoms with van der Waals surface area (Å²) in [6.45, 7) is 8.50. The lowest BCUT2D eigenvalue weighted by molar-refractivity contribution is -0.131. The molecular formula is C23H28N2O2. The fourth-order valence-corrected chi connectivity index (χ4v) is 3.18. The van der Waals surface area contributed by atoms with Crippen molar-refractivity contribution in [3.63, 3.8) is 0 Å². The summed E-state index contributed by atoms with van der Waals surface area (Å²) >= 11 is 0. The van der Waals surface area contributed by atoms with Crippen LogP contribution < -0.4 is 10.6 Å². The molecule has 4 heteroatoms. The summed E-state index contributed by atoms with van der Waals surface area (Å²) in [4.78, 5) is 25.6. The zero-order chi connectivity index (χ0) is 19.7. The number of nitrogens with one attached hydrogen (secondary N) is 2. The third-order valence-corrected chi connectivity index (χ3v) is 5.27. The van der Waals surface area contributed by atoms with Gasteiger partial charge in [-0.15, -0.1) is 0 Å². The molecule has 2 aromatic carbocycles. The zero-order valence-electron chi connectivity index (χ0n) is 16.6. The van der Waals surface area contributed by atoms with E-state index in [0.717, 1.165) is 23.4 Å². The predicted octanol–water partition coefficient (Wildman–Crippen LogP) is 4.90. The van der Waals surface area contributed by atoms with Crippen LogP contribution in [-0.4, -0.2) is 11.8 Å². The SMILES string of the molecule is CCc1ccccc1NC(=O)C1(C(=O)Nc2ccc(C(C)(C)C)cc2)CC1. The van der Waals surface area contributed by atoms with Gasteiger partial charge in [0.1, 0.15) is 5.41 Å². The lowest BCUT2D eigenvalue weighted by Crippen LogP contribution is -2.35. The molecule has 4 nitrogen and oxygen atoms in total. The van der Waals surface area contributed by atoms with Gasteiger partial charge in [-0.05, 0) is 54.0 Å². The molecule has 1 saturated carbocycles. The van der Waals surface area contributed by atoms with Crippen molar-refractivity contribution in [1.82, 2.24) is 0 Å². The van der Waals surface area contributed by atoms with E-state index in [1.54, 1.807) is 0 Å². The lowest BCUT2D eigenvalue weighted by Gasteiger charge is -2.20. The van der Waals surface area contributed by atoms with Crippen LogP contribution in [0.2, 0.25) is 0 Å². The van der Waals surface area contributed by atoms with Gasteiger partial charge in [-0.25, -0.2) is 0 Å². The highest BCUT2D eigenvalue weighted by Crippen LogP contribution is 2.47. The molecule has 0 saturated heterocycles. The average Bonchev–Trinajstić information content (AvgIpc) is 3.44. The number of hydrogen-bond acceptors (Lipinski definition) is 2. The quantitative estimate of drug-likeness (QED) is 0.741. The fraction of sp³-hybridized carbons (Fsp3) is 0.391. The third-order valence-electron chi connectivity index (χ3n) is 5.27. The van der Waals surface area contributed by atoms with E-state index in [4.69, 9.17) is 0 Å². The van der Waals surface area contributed by atoms with Gasteiger partial charge in [-0.2, -0.15) is 0 Å². The minimum atomic E-state index is -0.955. The molecule has 1 fully saturated rings. The number of para-hydroxylation sites is 1. The largest absolute Gasteiger partial charge is 0.325 e. The first-order valence-electron chi connectivity index (χ1n) is 9.57. The van der Waals surface area contributed by atoms with Gasteiger partial charge in [0.15, 0.2) is 0 Å². The zero-order valence-corrected chi connectivity index (χ0v) is 16.6. The second-order valence-electron chi connectivity index (χ2n) is 8.33. The van der Waals surface area contributed by atoms with E-state index < -0.39 is 5.41 Å². The van der Waals surface area contributed by atoms with E-state index in [-0.39, 0.29) is 17.2 Å². The molecule has 27 heavy (non-hydrogen) atoms. The van der Waals surface area contributed by atoms with Crippen LogP contribution in [0.15, 0.2) is 48.5 Å². The number of carbonyl (C=O) groups is 2. The molecule has 0 aromatic heterocycles. The van der Waals surface area contributed by atoms with Gasteiger partial charge in [0, 0.05) is 11.4 Å². The summed E-state index contributed by atoms with van der Waals surface area (Å²) in [7, 11) is 0. The summed E-state index contributed by atoms with van der Waals surface area (Å²) in [5, 5.41) is 5.88. The van der Waals surface area contributed by atoms with Gasteiger partial charge in [0.05, 0.1) is 0 Å². The number of benzene rings is 2. The minimum Gasteiger partial charge on any atom is -0.325 e. The maximum Gasteiger partial charge on any atom is 0.240 e. The topological polar surface area (TPSA) is 58.2 Å². The van der Waals surface area contributed by atoms with Crippen LogP contribution in [0.5, 0.6) is 0 Å². The van der Waals surface area contributed by atoms with Crippen molar-refractivity contribution >= 4 is 23.2 Å². The van der Waals surface area contributed by atoms with E-state index in [0.29, 0.717) is 12.8 Å². The van der Waals surface area contributed by atoms with Crippen LogP contribution in [0, 0.1) is 5.41 Å². The number of amides is 2. The Morgan fingerprint density at radius 3 is 2.07 bits per heavy atom. The summed E-state index contributed by atoms with van der Waals surface area (Å²) in [5.74, 6) is -0.440. The van der Waals surface area contributed by atoms with Crippen LogP contribution >= 0.6 is 0 Å². The highest BCUT2D eigenvalue weighted by molar-refractivity contribution is 6.17. The Balaban J connectivity index is 1.70. The van der Waals surface area contributed by atoms with Crippen molar-refractivity contribution in [2.75, 3.05) is 10.6 Å². The molecule has 0 aliphatic heterocycles. The Labute approximate surface area is 161 Å². The summed E-state index contributed by atoms with van der Waals surface area (Å²) in [5.41, 5.74) is 2.89. The molecule has 1 aliphatic carbocycles. The van der Waals surface area contributed by atoms with Gasteiger partial charge in [0.2, 0.25) is 11.8 Å². The van der Waals surface area contributed by atoms with E-state index in [1.165, 1.54) is 5.56 Å². The molecule has 0 atom stereocenters. The molecule has 142 valence electrons. The third kappa shape index (κ3) is 4.05. The Morgan fingerprint density at radius 2 is 1.52 bits per heavy atom. The van der Waals surface area contributed by atoms with Crippen LogP contribution in [0.3, 0.4) is 0 Å². The van der Waals surface area contributed by atoms with Crippen LogP contribution in [0.25, 0.3) is 0 Å². The first-order chi connectivity index (χ1) is 12.8. The molecular weight excluding hydrogens is 336 g/mol. The normalized spacial score (nSPS) is 15.1. The van der Waals surface area contributed by atoms with Gasteiger partial charge in [-0.1, -0.05) is 58.0 Å². The average molecular weight is 364 g/mol. The van der Waals surface area contributed by atoms with Gasteiger partial charge < -0.3 is 10.6 Å². The smallest absolute Gasteiger partial charge is 0.240 e. The standard InChI is InChI=1S/C23H28N2O2/c1-5-16-8-6-7-9-19(16)25-21(27)23(14-15-23)20(26)24-18-12-10-17(11-13-18)22(2,3)4/h6-13H,5,14-15H2,1-4H3,(H,24,26)(H,25,27). The number of carbonyl (C=O) groups excluding carboxylic acids is 2.